The van der Waals surface area contributed by atoms with Gasteiger partial charge in [-0.25, -0.2) is 0 Å². The van der Waals surface area contributed by atoms with Gasteiger partial charge in [-0.15, -0.1) is 11.8 Å². The van der Waals surface area contributed by atoms with Crippen LogP contribution >= 0.6 is 11.8 Å². The lowest BCUT2D eigenvalue weighted by Crippen LogP contribution is -2.33. The van der Waals surface area contributed by atoms with Gasteiger partial charge in [0, 0.05) is 18.4 Å². The maximum Gasteiger partial charge on any atom is 0.267 e. The van der Waals surface area contributed by atoms with Crippen LogP contribution in [0.4, 0.5) is 0 Å². The van der Waals surface area contributed by atoms with E-state index in [9.17, 15) is 9.59 Å². The minimum atomic E-state index is -0.186. The van der Waals surface area contributed by atoms with E-state index in [1.807, 2.05) is 53.7 Å². The Morgan fingerprint density at radius 3 is 2.35 bits per heavy atom. The van der Waals surface area contributed by atoms with Crippen LogP contribution in [0.2, 0.25) is 0 Å². The van der Waals surface area contributed by atoms with Crippen LogP contribution in [0.5, 0.6) is 0 Å². The van der Waals surface area contributed by atoms with Crippen molar-refractivity contribution in [2.24, 2.45) is 0 Å². The van der Waals surface area contributed by atoms with Crippen LogP contribution in [0.3, 0.4) is 0 Å². The summed E-state index contributed by atoms with van der Waals surface area (Å²) in [7, 11) is 0. The summed E-state index contributed by atoms with van der Waals surface area (Å²) in [4.78, 5) is 27.9. The molecule has 0 aromatic heterocycles. The summed E-state index contributed by atoms with van der Waals surface area (Å²) in [6.07, 6.45) is 0.797. The van der Waals surface area contributed by atoms with Crippen molar-refractivity contribution in [3.63, 3.8) is 0 Å². The van der Waals surface area contributed by atoms with Gasteiger partial charge < -0.3 is 4.74 Å². The molecule has 0 radical (unpaired) electrons. The highest BCUT2D eigenvalue weighted by molar-refractivity contribution is 8.04. The summed E-state index contributed by atoms with van der Waals surface area (Å²) >= 11 is 1.47. The van der Waals surface area contributed by atoms with Gasteiger partial charge in [0.2, 0.25) is 0 Å². The number of nitrogens with zero attached hydrogens (tertiary/aromatic N) is 1. The van der Waals surface area contributed by atoms with Crippen LogP contribution in [0.15, 0.2) is 23.1 Å². The second-order valence-electron chi connectivity index (χ2n) is 7.22. The Balaban J connectivity index is 2.30. The fraction of sp³-hybridized carbons (Fsp3) is 0.524. The van der Waals surface area contributed by atoms with Crippen LogP contribution in [0.1, 0.15) is 50.8 Å². The van der Waals surface area contributed by atoms with Gasteiger partial charge in [-0.1, -0.05) is 37.6 Å². The third kappa shape index (κ3) is 4.77. The van der Waals surface area contributed by atoms with Gasteiger partial charge in [0.05, 0.1) is 16.6 Å². The minimum absolute atomic E-state index is 0.149. The number of carbonyl (C=O) groups excluding carboxylic acids is 2. The number of hydrogen-bond acceptors (Lipinski definition) is 4. The van der Waals surface area contributed by atoms with E-state index in [1.54, 1.807) is 0 Å². The molecule has 1 aromatic rings. The third-order valence-electron chi connectivity index (χ3n) is 4.11. The molecule has 26 heavy (non-hydrogen) atoms. The maximum atomic E-state index is 13.1. The smallest absolute Gasteiger partial charge is 0.267 e. The van der Waals surface area contributed by atoms with Gasteiger partial charge in [0.15, 0.2) is 0 Å². The minimum Gasteiger partial charge on any atom is -0.379 e. The zero-order chi connectivity index (χ0) is 19.4. The Kier molecular flexibility index (Phi) is 7.07. The van der Waals surface area contributed by atoms with E-state index >= 15 is 0 Å². The number of aryl methyl sites for hydroxylation is 2. The van der Waals surface area contributed by atoms with E-state index in [0.717, 1.165) is 16.7 Å². The van der Waals surface area contributed by atoms with Crippen molar-refractivity contribution in [1.29, 1.82) is 0 Å². The standard InChI is InChI=1S/C21H29NO3S/c1-13(2)25-11-7-10-22-20(23)18(19(21(22)24)26-14(3)4)17-9-8-15(5)12-16(17)6/h8-9,12-14H,7,10-11H2,1-6H3. The Bertz CT molecular complexity index is 722. The van der Waals surface area contributed by atoms with Gasteiger partial charge in [-0.3, -0.25) is 14.5 Å². The van der Waals surface area contributed by atoms with Crippen molar-refractivity contribution in [3.05, 3.63) is 39.8 Å². The summed E-state index contributed by atoms with van der Waals surface area (Å²) in [6, 6.07) is 6.00. The van der Waals surface area contributed by atoms with Crippen LogP contribution in [0, 0.1) is 13.8 Å². The first-order chi connectivity index (χ1) is 12.2. The molecule has 1 aromatic carbocycles. The highest BCUT2D eigenvalue weighted by atomic mass is 32.2. The number of thioether (sulfide) groups is 1. The lowest BCUT2D eigenvalue weighted by molar-refractivity contribution is -0.136. The number of ether oxygens (including phenoxy) is 1. The molecule has 0 saturated carbocycles. The fourth-order valence-electron chi connectivity index (χ4n) is 2.98. The van der Waals surface area contributed by atoms with Gasteiger partial charge in [0.25, 0.3) is 11.8 Å². The predicted octanol–water partition coefficient (Wildman–Crippen LogP) is 4.34. The van der Waals surface area contributed by atoms with Crippen LogP contribution < -0.4 is 0 Å². The van der Waals surface area contributed by atoms with E-state index in [1.165, 1.54) is 16.7 Å². The molecule has 0 unspecified atom stereocenters. The molecule has 0 saturated heterocycles. The average molecular weight is 376 g/mol. The van der Waals surface area contributed by atoms with E-state index in [0.29, 0.717) is 30.1 Å². The largest absolute Gasteiger partial charge is 0.379 e. The van der Waals surface area contributed by atoms with Crippen molar-refractivity contribution < 1.29 is 14.3 Å². The number of benzene rings is 1. The Labute approximate surface area is 161 Å². The van der Waals surface area contributed by atoms with Gasteiger partial charge in [-0.05, 0) is 45.2 Å². The molecular weight excluding hydrogens is 346 g/mol. The Hall–Kier alpha value is -1.59. The second-order valence-corrected chi connectivity index (χ2v) is 8.81. The highest BCUT2D eigenvalue weighted by Gasteiger charge is 2.39. The number of rotatable bonds is 8. The van der Waals surface area contributed by atoms with Gasteiger partial charge in [-0.2, -0.15) is 0 Å². The Morgan fingerprint density at radius 1 is 1.08 bits per heavy atom. The molecule has 5 heteroatoms. The summed E-state index contributed by atoms with van der Waals surface area (Å²) in [5.41, 5.74) is 3.58. The van der Waals surface area contributed by atoms with E-state index in [2.05, 4.69) is 6.07 Å². The summed E-state index contributed by atoms with van der Waals surface area (Å²) in [6.45, 7) is 13.0. The molecule has 1 aliphatic rings. The summed E-state index contributed by atoms with van der Waals surface area (Å²) in [5.74, 6) is -0.358. The molecule has 1 heterocycles. The zero-order valence-corrected chi connectivity index (χ0v) is 17.4. The van der Waals surface area contributed by atoms with Crippen molar-refractivity contribution in [1.82, 2.24) is 4.90 Å². The number of amides is 2. The van der Waals surface area contributed by atoms with Crippen LogP contribution in [0.25, 0.3) is 5.57 Å². The van der Waals surface area contributed by atoms with E-state index in [-0.39, 0.29) is 23.2 Å². The Morgan fingerprint density at radius 2 is 1.77 bits per heavy atom. The first-order valence-corrected chi connectivity index (χ1v) is 10.1. The van der Waals surface area contributed by atoms with Crippen molar-refractivity contribution in [2.45, 2.75) is 59.3 Å². The quantitative estimate of drug-likeness (QED) is 0.501. The molecular formula is C21H29NO3S. The highest BCUT2D eigenvalue weighted by Crippen LogP contribution is 2.39. The average Bonchev–Trinajstić information content (AvgIpc) is 2.75. The third-order valence-corrected chi connectivity index (χ3v) is 5.19. The molecule has 0 fully saturated rings. The van der Waals surface area contributed by atoms with Crippen LogP contribution in [-0.4, -0.2) is 41.2 Å². The topological polar surface area (TPSA) is 46.6 Å². The predicted molar refractivity (Wildman–Crippen MR) is 108 cm³/mol. The lowest BCUT2D eigenvalue weighted by Gasteiger charge is -2.16. The summed E-state index contributed by atoms with van der Waals surface area (Å²) in [5, 5.41) is 0.228. The number of carbonyl (C=O) groups is 2. The number of imide groups is 1. The normalized spacial score (nSPS) is 15.2. The second kappa shape index (κ2) is 8.87. The SMILES string of the molecule is Cc1ccc(C2=C(SC(C)C)C(=O)N(CCCOC(C)C)C2=O)c(C)c1. The number of hydrogen-bond donors (Lipinski definition) is 0. The van der Waals surface area contributed by atoms with E-state index < -0.39 is 0 Å². The first-order valence-electron chi connectivity index (χ1n) is 9.18. The molecule has 0 N–H and O–H groups in total. The van der Waals surface area contributed by atoms with Crippen LogP contribution in [-0.2, 0) is 14.3 Å². The molecule has 1 aliphatic heterocycles. The van der Waals surface area contributed by atoms with Crippen molar-refractivity contribution >= 4 is 29.1 Å². The molecule has 2 amide bonds. The lowest BCUT2D eigenvalue weighted by atomic mass is 9.99. The molecule has 0 spiro atoms. The molecule has 4 nitrogen and oxygen atoms in total. The van der Waals surface area contributed by atoms with Gasteiger partial charge in [0.1, 0.15) is 0 Å². The maximum absolute atomic E-state index is 13.1. The summed E-state index contributed by atoms with van der Waals surface area (Å²) < 4.78 is 5.54. The van der Waals surface area contributed by atoms with Crippen molar-refractivity contribution in [3.8, 4) is 0 Å². The molecule has 0 aliphatic carbocycles. The molecule has 142 valence electrons. The monoisotopic (exact) mass is 375 g/mol. The molecule has 0 bridgehead atoms. The molecule has 0 atom stereocenters. The van der Waals surface area contributed by atoms with Crippen molar-refractivity contribution in [2.75, 3.05) is 13.2 Å². The molecule has 2 rings (SSSR count). The first kappa shape index (κ1) is 20.7. The fourth-order valence-corrected chi connectivity index (χ4v) is 3.97. The van der Waals surface area contributed by atoms with Gasteiger partial charge >= 0.3 is 0 Å². The van der Waals surface area contributed by atoms with E-state index in [4.69, 9.17) is 4.74 Å². The zero-order valence-electron chi connectivity index (χ0n) is 16.6.